The Morgan fingerprint density at radius 2 is 2.00 bits per heavy atom. The van der Waals surface area contributed by atoms with E-state index in [-0.39, 0.29) is 23.8 Å². The van der Waals surface area contributed by atoms with Crippen molar-refractivity contribution >= 4 is 22.7 Å². The molecule has 6 nitrogen and oxygen atoms in total. The Kier molecular flexibility index (Phi) is 5.16. The molecule has 0 saturated carbocycles. The normalized spacial score (nSPS) is 17.0. The summed E-state index contributed by atoms with van der Waals surface area (Å²) in [6.07, 6.45) is 2.13. The first-order chi connectivity index (χ1) is 14.0. The Morgan fingerprint density at radius 3 is 2.69 bits per heavy atom. The molecule has 148 valence electrons. The first-order valence-electron chi connectivity index (χ1n) is 9.70. The van der Waals surface area contributed by atoms with E-state index in [1.54, 1.807) is 25.4 Å². The maximum Gasteiger partial charge on any atom is 0.251 e. The van der Waals surface area contributed by atoms with Gasteiger partial charge in [-0.1, -0.05) is 12.1 Å². The molecule has 1 fully saturated rings. The molecule has 2 amide bonds. The van der Waals surface area contributed by atoms with Crippen LogP contribution < -0.4 is 15.4 Å². The lowest BCUT2D eigenvalue weighted by atomic mass is 10.0. The first kappa shape index (κ1) is 18.9. The fourth-order valence-corrected chi connectivity index (χ4v) is 3.63. The third kappa shape index (κ3) is 3.92. The smallest absolute Gasteiger partial charge is 0.251 e. The molecule has 0 aliphatic carbocycles. The highest BCUT2D eigenvalue weighted by Crippen LogP contribution is 2.33. The number of pyridine rings is 1. The van der Waals surface area contributed by atoms with E-state index in [0.29, 0.717) is 18.5 Å². The molecule has 1 aliphatic rings. The fraction of sp³-hybridized carbons (Fsp3) is 0.261. The summed E-state index contributed by atoms with van der Waals surface area (Å²) in [7, 11) is 1.61. The number of ether oxygens (including phenoxy) is 1. The number of hydrogen-bond acceptors (Lipinski definition) is 4. The molecule has 0 bridgehead atoms. The van der Waals surface area contributed by atoms with Crippen molar-refractivity contribution in [1.29, 1.82) is 0 Å². The van der Waals surface area contributed by atoms with E-state index in [2.05, 4.69) is 15.6 Å². The van der Waals surface area contributed by atoms with Crippen LogP contribution in [0.25, 0.3) is 22.0 Å². The van der Waals surface area contributed by atoms with E-state index in [9.17, 15) is 9.59 Å². The van der Waals surface area contributed by atoms with Gasteiger partial charge in [0.15, 0.2) is 0 Å². The van der Waals surface area contributed by atoms with Crippen molar-refractivity contribution in [3.05, 3.63) is 60.3 Å². The van der Waals surface area contributed by atoms with Gasteiger partial charge >= 0.3 is 0 Å². The molecule has 4 rings (SSSR count). The zero-order valence-electron chi connectivity index (χ0n) is 16.4. The van der Waals surface area contributed by atoms with Crippen LogP contribution in [0.2, 0.25) is 0 Å². The lowest BCUT2D eigenvalue weighted by Crippen LogP contribution is -2.25. The minimum atomic E-state index is -0.116. The Morgan fingerprint density at radius 1 is 1.21 bits per heavy atom. The van der Waals surface area contributed by atoms with Crippen LogP contribution in [-0.4, -0.2) is 36.5 Å². The van der Waals surface area contributed by atoms with Gasteiger partial charge in [-0.15, -0.1) is 0 Å². The average molecular weight is 389 g/mol. The lowest BCUT2D eigenvalue weighted by molar-refractivity contribution is -0.119. The highest BCUT2D eigenvalue weighted by atomic mass is 16.5. The van der Waals surface area contributed by atoms with Gasteiger partial charge in [-0.25, -0.2) is 0 Å². The van der Waals surface area contributed by atoms with E-state index < -0.39 is 0 Å². The highest BCUT2D eigenvalue weighted by Gasteiger charge is 2.28. The van der Waals surface area contributed by atoms with Crippen LogP contribution in [0.15, 0.2) is 54.7 Å². The van der Waals surface area contributed by atoms with Crippen LogP contribution in [0.4, 0.5) is 0 Å². The molecule has 1 aliphatic heterocycles. The summed E-state index contributed by atoms with van der Waals surface area (Å²) >= 11 is 0. The van der Waals surface area contributed by atoms with E-state index in [1.807, 2.05) is 43.3 Å². The molecule has 2 heterocycles. The van der Waals surface area contributed by atoms with Crippen LogP contribution in [0.1, 0.15) is 23.7 Å². The van der Waals surface area contributed by atoms with E-state index in [1.165, 1.54) is 0 Å². The number of nitrogens with zero attached hydrogens (tertiary/aromatic N) is 1. The van der Waals surface area contributed by atoms with Gasteiger partial charge in [0.2, 0.25) is 5.91 Å². The molecule has 0 radical (unpaired) electrons. The number of amides is 2. The van der Waals surface area contributed by atoms with Crippen molar-refractivity contribution in [2.45, 2.75) is 19.4 Å². The summed E-state index contributed by atoms with van der Waals surface area (Å²) in [4.78, 5) is 27.8. The third-order valence-electron chi connectivity index (χ3n) is 5.38. The van der Waals surface area contributed by atoms with Gasteiger partial charge < -0.3 is 15.4 Å². The van der Waals surface area contributed by atoms with Gasteiger partial charge in [-0.3, -0.25) is 14.6 Å². The molecule has 1 saturated heterocycles. The van der Waals surface area contributed by atoms with Crippen LogP contribution in [-0.2, 0) is 4.79 Å². The monoisotopic (exact) mass is 389 g/mol. The number of benzene rings is 2. The van der Waals surface area contributed by atoms with Gasteiger partial charge in [0, 0.05) is 43.1 Å². The largest absolute Gasteiger partial charge is 0.490 e. The van der Waals surface area contributed by atoms with Gasteiger partial charge in [-0.05, 0) is 54.4 Å². The summed E-state index contributed by atoms with van der Waals surface area (Å²) in [5, 5.41) is 6.43. The molecular weight excluding hydrogens is 366 g/mol. The summed E-state index contributed by atoms with van der Waals surface area (Å²) in [5.74, 6) is 0.841. The fourth-order valence-electron chi connectivity index (χ4n) is 3.63. The van der Waals surface area contributed by atoms with E-state index >= 15 is 0 Å². The second-order valence-electron chi connectivity index (χ2n) is 7.29. The standard InChI is InChI=1S/C23H23N3O3/c1-14(18-12-22(27)26-13-18)29-21-11-17(10-20-19(21)4-3-9-25-20)15-5-7-16(8-6-15)23(28)24-2/h3-11,14,18H,12-13H2,1-2H3,(H,24,28)(H,26,27)/t14-,18+/m1/s1. The van der Waals surface area contributed by atoms with Crippen LogP contribution in [0, 0.1) is 5.92 Å². The van der Waals surface area contributed by atoms with Crippen molar-refractivity contribution in [2.75, 3.05) is 13.6 Å². The summed E-state index contributed by atoms with van der Waals surface area (Å²) in [5.41, 5.74) is 3.38. The van der Waals surface area contributed by atoms with E-state index in [0.717, 1.165) is 27.8 Å². The summed E-state index contributed by atoms with van der Waals surface area (Å²) in [6.45, 7) is 2.63. The lowest BCUT2D eigenvalue weighted by Gasteiger charge is -2.21. The Bertz CT molecular complexity index is 1060. The quantitative estimate of drug-likeness (QED) is 0.702. The Balaban J connectivity index is 1.69. The average Bonchev–Trinajstić information content (AvgIpc) is 3.19. The van der Waals surface area contributed by atoms with Crippen LogP contribution in [0.5, 0.6) is 5.75 Å². The van der Waals surface area contributed by atoms with Crippen molar-refractivity contribution in [3.8, 4) is 16.9 Å². The predicted octanol–water partition coefficient (Wildman–Crippen LogP) is 3.16. The number of rotatable bonds is 5. The molecule has 0 spiro atoms. The predicted molar refractivity (Wildman–Crippen MR) is 112 cm³/mol. The number of fused-ring (bicyclic) bond motifs is 1. The van der Waals surface area contributed by atoms with Gasteiger partial charge in [0.1, 0.15) is 11.9 Å². The second kappa shape index (κ2) is 7.91. The SMILES string of the molecule is CNC(=O)c1ccc(-c2cc(O[C@H](C)[C@@H]3CNC(=O)C3)c3cccnc3c2)cc1. The van der Waals surface area contributed by atoms with Gasteiger partial charge in [-0.2, -0.15) is 0 Å². The maximum absolute atomic E-state index is 11.8. The summed E-state index contributed by atoms with van der Waals surface area (Å²) < 4.78 is 6.31. The van der Waals surface area contributed by atoms with Crippen molar-refractivity contribution in [1.82, 2.24) is 15.6 Å². The van der Waals surface area contributed by atoms with Crippen LogP contribution in [0.3, 0.4) is 0 Å². The zero-order valence-corrected chi connectivity index (χ0v) is 16.4. The van der Waals surface area contributed by atoms with Crippen LogP contribution >= 0.6 is 0 Å². The molecule has 2 N–H and O–H groups in total. The highest BCUT2D eigenvalue weighted by molar-refractivity contribution is 5.95. The zero-order chi connectivity index (χ0) is 20.4. The Hall–Kier alpha value is -3.41. The Labute approximate surface area is 169 Å². The molecule has 1 aromatic heterocycles. The molecule has 2 atom stereocenters. The molecule has 3 aromatic rings. The molecule has 6 heteroatoms. The molecule has 29 heavy (non-hydrogen) atoms. The van der Waals surface area contributed by atoms with E-state index in [4.69, 9.17) is 4.74 Å². The number of hydrogen-bond donors (Lipinski definition) is 2. The number of carbonyl (C=O) groups is 2. The second-order valence-corrected chi connectivity index (χ2v) is 7.29. The number of aromatic nitrogens is 1. The molecule has 0 unspecified atom stereocenters. The maximum atomic E-state index is 11.8. The minimum absolute atomic E-state index is 0.0712. The molecule has 2 aromatic carbocycles. The number of carbonyl (C=O) groups excluding carboxylic acids is 2. The van der Waals surface area contributed by atoms with Gasteiger partial charge in [0.05, 0.1) is 5.52 Å². The third-order valence-corrected chi connectivity index (χ3v) is 5.38. The van der Waals surface area contributed by atoms with Crippen molar-refractivity contribution in [3.63, 3.8) is 0 Å². The van der Waals surface area contributed by atoms with Gasteiger partial charge in [0.25, 0.3) is 5.91 Å². The first-order valence-corrected chi connectivity index (χ1v) is 9.70. The minimum Gasteiger partial charge on any atom is -0.490 e. The topological polar surface area (TPSA) is 80.3 Å². The van der Waals surface area contributed by atoms with Crippen molar-refractivity contribution < 1.29 is 14.3 Å². The molecular formula is C23H23N3O3. The summed E-state index contributed by atoms with van der Waals surface area (Å²) in [6, 6.07) is 15.3. The number of nitrogens with one attached hydrogen (secondary N) is 2. The van der Waals surface area contributed by atoms with Crippen molar-refractivity contribution in [2.24, 2.45) is 5.92 Å².